The standard InChI is InChI=1S/C24H27N4O2/c1-26(2)18-7-11-21-23(15-18)28(17-5-9-20(30-4)10-6-17)24-16-19(27(3)13-14-29)8-12-22(24)25-21/h5-12,15-16,29H,13-14H2,1-4H3/q+1. The summed E-state index contributed by atoms with van der Waals surface area (Å²) in [4.78, 5) is 9.04. The van der Waals surface area contributed by atoms with Gasteiger partial charge in [0.1, 0.15) is 16.8 Å². The Morgan fingerprint density at radius 1 is 0.867 bits per heavy atom. The highest BCUT2D eigenvalue weighted by molar-refractivity contribution is 5.86. The van der Waals surface area contributed by atoms with Crippen molar-refractivity contribution in [1.29, 1.82) is 0 Å². The topological polar surface area (TPSA) is 52.7 Å². The smallest absolute Gasteiger partial charge is 0.239 e. The maximum atomic E-state index is 9.34. The van der Waals surface area contributed by atoms with Gasteiger partial charge in [-0.05, 0) is 36.4 Å². The van der Waals surface area contributed by atoms with E-state index in [-0.39, 0.29) is 6.61 Å². The second kappa shape index (κ2) is 8.16. The fourth-order valence-corrected chi connectivity index (χ4v) is 3.63. The van der Waals surface area contributed by atoms with Crippen LogP contribution in [0, 0.1) is 0 Å². The molecule has 154 valence electrons. The van der Waals surface area contributed by atoms with Gasteiger partial charge in [-0.25, -0.2) is 4.98 Å². The molecule has 6 nitrogen and oxygen atoms in total. The van der Waals surface area contributed by atoms with E-state index in [1.165, 1.54) is 0 Å². The molecule has 0 amide bonds. The van der Waals surface area contributed by atoms with Crippen molar-refractivity contribution in [3.05, 3.63) is 60.7 Å². The maximum Gasteiger partial charge on any atom is 0.239 e. The van der Waals surface area contributed by atoms with Crippen molar-refractivity contribution in [1.82, 2.24) is 4.98 Å². The second-order valence-corrected chi connectivity index (χ2v) is 7.53. The molecule has 4 aromatic rings. The van der Waals surface area contributed by atoms with Gasteiger partial charge in [0.2, 0.25) is 16.7 Å². The molecule has 1 N–H and O–H groups in total. The Hall–Kier alpha value is -3.38. The highest BCUT2D eigenvalue weighted by Gasteiger charge is 2.21. The van der Waals surface area contributed by atoms with Crippen LogP contribution >= 0.6 is 0 Å². The minimum Gasteiger partial charge on any atom is -0.497 e. The number of aromatic nitrogens is 2. The number of nitrogens with zero attached hydrogens (tertiary/aromatic N) is 4. The van der Waals surface area contributed by atoms with Gasteiger partial charge in [-0.3, -0.25) is 0 Å². The molecule has 0 aliphatic carbocycles. The Balaban J connectivity index is 2.05. The predicted molar refractivity (Wildman–Crippen MR) is 122 cm³/mol. The monoisotopic (exact) mass is 403 g/mol. The number of benzene rings is 3. The van der Waals surface area contributed by atoms with Gasteiger partial charge < -0.3 is 19.6 Å². The summed E-state index contributed by atoms with van der Waals surface area (Å²) in [7, 11) is 7.73. The molecule has 0 saturated carbocycles. The van der Waals surface area contributed by atoms with Crippen molar-refractivity contribution in [3.8, 4) is 11.4 Å². The molecule has 4 rings (SSSR count). The number of hydrogen-bond acceptors (Lipinski definition) is 5. The third-order valence-corrected chi connectivity index (χ3v) is 5.36. The number of hydrogen-bond donors (Lipinski definition) is 1. The molecule has 30 heavy (non-hydrogen) atoms. The summed E-state index contributed by atoms with van der Waals surface area (Å²) in [5, 5.41) is 9.34. The molecule has 0 aliphatic heterocycles. The Labute approximate surface area is 176 Å². The molecule has 1 aromatic heterocycles. The van der Waals surface area contributed by atoms with E-state index in [2.05, 4.69) is 45.9 Å². The molecule has 0 bridgehead atoms. The summed E-state index contributed by atoms with van der Waals surface area (Å²) in [5.74, 6) is 0.819. The van der Waals surface area contributed by atoms with Crippen LogP contribution in [0.3, 0.4) is 0 Å². The first kappa shape index (κ1) is 19.9. The molecule has 0 saturated heterocycles. The molecule has 0 spiro atoms. The molecule has 0 atom stereocenters. The number of ether oxygens (including phenoxy) is 1. The summed E-state index contributed by atoms with van der Waals surface area (Å²) < 4.78 is 7.59. The van der Waals surface area contributed by atoms with E-state index in [9.17, 15) is 5.11 Å². The van der Waals surface area contributed by atoms with E-state index in [1.54, 1.807) is 7.11 Å². The number of methoxy groups -OCH3 is 1. The molecule has 6 heteroatoms. The quantitative estimate of drug-likeness (QED) is 0.396. The lowest BCUT2D eigenvalue weighted by molar-refractivity contribution is -0.538. The fraction of sp³-hybridized carbons (Fsp3) is 0.250. The van der Waals surface area contributed by atoms with Gasteiger partial charge in [0.25, 0.3) is 0 Å². The zero-order chi connectivity index (χ0) is 21.3. The van der Waals surface area contributed by atoms with Gasteiger partial charge in [0, 0.05) is 63.3 Å². The van der Waals surface area contributed by atoms with Crippen LogP contribution in [0.25, 0.3) is 27.8 Å². The summed E-state index contributed by atoms with van der Waals surface area (Å²) in [6.45, 7) is 0.676. The van der Waals surface area contributed by atoms with Crippen LogP contribution in [-0.2, 0) is 0 Å². The minimum atomic E-state index is 0.106. The maximum absolute atomic E-state index is 9.34. The van der Waals surface area contributed by atoms with Crippen molar-refractivity contribution in [2.24, 2.45) is 0 Å². The Morgan fingerprint density at radius 2 is 1.47 bits per heavy atom. The first-order chi connectivity index (χ1) is 14.5. The van der Waals surface area contributed by atoms with Crippen LogP contribution < -0.4 is 19.1 Å². The lowest BCUT2D eigenvalue weighted by Gasteiger charge is -2.18. The molecule has 3 aromatic carbocycles. The van der Waals surface area contributed by atoms with Crippen LogP contribution in [0.1, 0.15) is 0 Å². The Bertz CT molecular complexity index is 1190. The van der Waals surface area contributed by atoms with E-state index in [1.807, 2.05) is 50.3 Å². The molecule has 0 unspecified atom stereocenters. The van der Waals surface area contributed by atoms with Crippen LogP contribution in [0.5, 0.6) is 5.75 Å². The van der Waals surface area contributed by atoms with Crippen LogP contribution in [0.2, 0.25) is 0 Å². The van der Waals surface area contributed by atoms with Gasteiger partial charge >= 0.3 is 0 Å². The van der Waals surface area contributed by atoms with E-state index in [0.717, 1.165) is 44.9 Å². The Morgan fingerprint density at radius 3 is 2.03 bits per heavy atom. The average molecular weight is 404 g/mol. The number of aliphatic hydroxyl groups is 1. The number of likely N-dealkylation sites (N-methyl/N-ethyl adjacent to an activating group) is 1. The number of aliphatic hydroxyl groups excluding tert-OH is 1. The second-order valence-electron chi connectivity index (χ2n) is 7.53. The highest BCUT2D eigenvalue weighted by Crippen LogP contribution is 2.25. The van der Waals surface area contributed by atoms with Gasteiger partial charge in [-0.2, -0.15) is 0 Å². The summed E-state index contributed by atoms with van der Waals surface area (Å²) in [6, 6.07) is 20.6. The van der Waals surface area contributed by atoms with Gasteiger partial charge in [-0.1, -0.05) is 0 Å². The van der Waals surface area contributed by atoms with Gasteiger partial charge in [0.05, 0.1) is 13.7 Å². The predicted octanol–water partition coefficient (Wildman–Crippen LogP) is 3.17. The zero-order valence-corrected chi connectivity index (χ0v) is 17.8. The Kier molecular flexibility index (Phi) is 5.42. The molecule has 0 radical (unpaired) electrons. The average Bonchev–Trinajstić information content (AvgIpc) is 2.77. The van der Waals surface area contributed by atoms with E-state index >= 15 is 0 Å². The van der Waals surface area contributed by atoms with E-state index in [4.69, 9.17) is 9.72 Å². The van der Waals surface area contributed by atoms with Crippen LogP contribution in [-0.4, -0.2) is 51.5 Å². The normalized spacial score (nSPS) is 11.1. The largest absolute Gasteiger partial charge is 0.497 e. The first-order valence-electron chi connectivity index (χ1n) is 9.95. The number of fused-ring (bicyclic) bond motifs is 2. The molecular formula is C24H27N4O2+. The van der Waals surface area contributed by atoms with Crippen molar-refractivity contribution in [2.75, 3.05) is 51.2 Å². The summed E-state index contributed by atoms with van der Waals surface area (Å²) in [5.41, 5.74) is 7.05. The SMILES string of the molecule is COc1ccc(-[n+]2c3cc(N(C)C)ccc3nc3ccc(N(C)CCO)cc32)cc1. The van der Waals surface area contributed by atoms with Crippen molar-refractivity contribution in [2.45, 2.75) is 0 Å². The fourth-order valence-electron chi connectivity index (χ4n) is 3.63. The van der Waals surface area contributed by atoms with Crippen molar-refractivity contribution in [3.63, 3.8) is 0 Å². The highest BCUT2D eigenvalue weighted by atomic mass is 16.5. The van der Waals surface area contributed by atoms with Crippen molar-refractivity contribution >= 4 is 33.4 Å². The molecular weight excluding hydrogens is 376 g/mol. The van der Waals surface area contributed by atoms with E-state index < -0.39 is 0 Å². The number of rotatable bonds is 6. The van der Waals surface area contributed by atoms with Gasteiger partial charge in [-0.15, -0.1) is 4.57 Å². The van der Waals surface area contributed by atoms with Crippen molar-refractivity contribution < 1.29 is 14.4 Å². The van der Waals surface area contributed by atoms with Crippen LogP contribution in [0.15, 0.2) is 60.7 Å². The lowest BCUT2D eigenvalue weighted by Crippen LogP contribution is -2.34. The molecule has 0 aliphatic rings. The zero-order valence-electron chi connectivity index (χ0n) is 17.8. The summed E-state index contributed by atoms with van der Waals surface area (Å²) >= 11 is 0. The first-order valence-corrected chi connectivity index (χ1v) is 9.95. The summed E-state index contributed by atoms with van der Waals surface area (Å²) in [6.07, 6.45) is 0. The van der Waals surface area contributed by atoms with E-state index in [0.29, 0.717) is 6.54 Å². The van der Waals surface area contributed by atoms with Gasteiger partial charge in [0.15, 0.2) is 0 Å². The number of anilines is 2. The molecule has 1 heterocycles. The third kappa shape index (κ3) is 3.62. The third-order valence-electron chi connectivity index (χ3n) is 5.36. The van der Waals surface area contributed by atoms with Crippen LogP contribution in [0.4, 0.5) is 11.4 Å². The minimum absolute atomic E-state index is 0.106. The lowest BCUT2D eigenvalue weighted by atomic mass is 10.1. The molecule has 0 fully saturated rings.